The van der Waals surface area contributed by atoms with Crippen LogP contribution in [0.1, 0.15) is 25.0 Å². The minimum Gasteiger partial charge on any atom is -0.383 e. The molecule has 0 saturated carbocycles. The standard InChI is InChI=1S/C15H26N2O/c1-5-17(8-9-18-4)15-7-6-14(10-12(15)2)11-13(3)16/h6-7,10,13H,5,8-9,11,16H2,1-4H3. The Morgan fingerprint density at radius 1 is 1.39 bits per heavy atom. The van der Waals surface area contributed by atoms with Crippen LogP contribution < -0.4 is 10.6 Å². The minimum absolute atomic E-state index is 0.214. The summed E-state index contributed by atoms with van der Waals surface area (Å²) in [6.45, 7) is 9.06. The molecule has 1 rings (SSSR count). The Morgan fingerprint density at radius 2 is 2.11 bits per heavy atom. The molecule has 1 unspecified atom stereocenters. The van der Waals surface area contributed by atoms with E-state index >= 15 is 0 Å². The van der Waals surface area contributed by atoms with Gasteiger partial charge >= 0.3 is 0 Å². The zero-order chi connectivity index (χ0) is 13.5. The number of ether oxygens (including phenoxy) is 1. The quantitative estimate of drug-likeness (QED) is 0.807. The maximum atomic E-state index is 5.84. The maximum Gasteiger partial charge on any atom is 0.0637 e. The first-order chi connectivity index (χ1) is 8.58. The molecule has 0 amide bonds. The Morgan fingerprint density at radius 3 is 2.61 bits per heavy atom. The molecule has 1 aromatic rings. The predicted octanol–water partition coefficient (Wildman–Crippen LogP) is 2.36. The first kappa shape index (κ1) is 15.0. The second-order valence-electron chi connectivity index (χ2n) is 4.87. The second kappa shape index (κ2) is 7.39. The van der Waals surface area contributed by atoms with E-state index in [2.05, 4.69) is 36.9 Å². The van der Waals surface area contributed by atoms with Gasteiger partial charge in [-0.05, 0) is 44.4 Å². The fourth-order valence-electron chi connectivity index (χ4n) is 2.22. The average molecular weight is 250 g/mol. The van der Waals surface area contributed by atoms with E-state index in [1.807, 2.05) is 6.92 Å². The van der Waals surface area contributed by atoms with Crippen LogP contribution in [0.15, 0.2) is 18.2 Å². The third-order valence-corrected chi connectivity index (χ3v) is 3.11. The molecule has 0 radical (unpaired) electrons. The normalized spacial score (nSPS) is 12.5. The SMILES string of the molecule is CCN(CCOC)c1ccc(CC(C)N)cc1C. The van der Waals surface area contributed by atoms with Crippen molar-refractivity contribution in [2.75, 3.05) is 31.7 Å². The molecule has 0 aliphatic rings. The summed E-state index contributed by atoms with van der Waals surface area (Å²) >= 11 is 0. The van der Waals surface area contributed by atoms with E-state index in [0.717, 1.165) is 26.1 Å². The fourth-order valence-corrected chi connectivity index (χ4v) is 2.22. The van der Waals surface area contributed by atoms with Gasteiger partial charge in [-0.3, -0.25) is 0 Å². The molecular formula is C15H26N2O. The second-order valence-corrected chi connectivity index (χ2v) is 4.87. The number of methoxy groups -OCH3 is 1. The molecule has 102 valence electrons. The summed E-state index contributed by atoms with van der Waals surface area (Å²) in [5.41, 5.74) is 9.76. The summed E-state index contributed by atoms with van der Waals surface area (Å²) in [7, 11) is 1.74. The van der Waals surface area contributed by atoms with Crippen LogP contribution >= 0.6 is 0 Å². The molecule has 0 spiro atoms. The Hall–Kier alpha value is -1.06. The van der Waals surface area contributed by atoms with Crippen LogP contribution in [0.2, 0.25) is 0 Å². The Balaban J connectivity index is 2.82. The number of benzene rings is 1. The van der Waals surface area contributed by atoms with Crippen molar-refractivity contribution in [3.8, 4) is 0 Å². The van der Waals surface area contributed by atoms with Gasteiger partial charge in [-0.2, -0.15) is 0 Å². The highest BCUT2D eigenvalue weighted by atomic mass is 16.5. The number of hydrogen-bond donors (Lipinski definition) is 1. The molecule has 2 N–H and O–H groups in total. The van der Waals surface area contributed by atoms with Crippen LogP contribution in [0, 0.1) is 6.92 Å². The van der Waals surface area contributed by atoms with E-state index < -0.39 is 0 Å². The van der Waals surface area contributed by atoms with E-state index in [1.54, 1.807) is 7.11 Å². The highest BCUT2D eigenvalue weighted by molar-refractivity contribution is 5.54. The van der Waals surface area contributed by atoms with Crippen molar-refractivity contribution in [1.29, 1.82) is 0 Å². The fraction of sp³-hybridized carbons (Fsp3) is 0.600. The van der Waals surface area contributed by atoms with Gasteiger partial charge in [0, 0.05) is 31.9 Å². The molecule has 0 bridgehead atoms. The lowest BCUT2D eigenvalue weighted by Crippen LogP contribution is -2.27. The van der Waals surface area contributed by atoms with Crippen LogP contribution in [0.4, 0.5) is 5.69 Å². The minimum atomic E-state index is 0.214. The van der Waals surface area contributed by atoms with Gasteiger partial charge in [0.15, 0.2) is 0 Å². The zero-order valence-electron chi connectivity index (χ0n) is 12.1. The van der Waals surface area contributed by atoms with Crippen LogP contribution in [-0.2, 0) is 11.2 Å². The molecule has 1 aromatic carbocycles. The highest BCUT2D eigenvalue weighted by Gasteiger charge is 2.08. The van der Waals surface area contributed by atoms with Gasteiger partial charge in [-0.1, -0.05) is 12.1 Å². The smallest absolute Gasteiger partial charge is 0.0637 e. The Kier molecular flexibility index (Phi) is 6.16. The van der Waals surface area contributed by atoms with E-state index in [0.29, 0.717) is 0 Å². The summed E-state index contributed by atoms with van der Waals surface area (Å²) in [4.78, 5) is 2.34. The number of hydrogen-bond acceptors (Lipinski definition) is 3. The number of rotatable bonds is 7. The van der Waals surface area contributed by atoms with Crippen molar-refractivity contribution in [2.24, 2.45) is 5.73 Å². The van der Waals surface area contributed by atoms with Gasteiger partial charge in [0.25, 0.3) is 0 Å². The summed E-state index contributed by atoms with van der Waals surface area (Å²) in [6, 6.07) is 6.84. The van der Waals surface area contributed by atoms with Gasteiger partial charge in [0.05, 0.1) is 6.61 Å². The zero-order valence-corrected chi connectivity index (χ0v) is 12.1. The largest absolute Gasteiger partial charge is 0.383 e. The van der Waals surface area contributed by atoms with E-state index in [9.17, 15) is 0 Å². The van der Waals surface area contributed by atoms with E-state index in [4.69, 9.17) is 10.5 Å². The van der Waals surface area contributed by atoms with Gasteiger partial charge in [0.2, 0.25) is 0 Å². The Bertz CT molecular complexity index is 364. The van der Waals surface area contributed by atoms with Gasteiger partial charge < -0.3 is 15.4 Å². The van der Waals surface area contributed by atoms with Gasteiger partial charge in [0.1, 0.15) is 0 Å². The molecule has 0 saturated heterocycles. The third-order valence-electron chi connectivity index (χ3n) is 3.11. The first-order valence-corrected chi connectivity index (χ1v) is 6.67. The molecule has 0 aromatic heterocycles. The monoisotopic (exact) mass is 250 g/mol. The molecule has 1 atom stereocenters. The lowest BCUT2D eigenvalue weighted by molar-refractivity contribution is 0.205. The first-order valence-electron chi connectivity index (χ1n) is 6.67. The number of nitrogens with zero attached hydrogens (tertiary/aromatic N) is 1. The van der Waals surface area contributed by atoms with Crippen molar-refractivity contribution in [1.82, 2.24) is 0 Å². The molecule has 18 heavy (non-hydrogen) atoms. The van der Waals surface area contributed by atoms with Crippen LogP contribution in [0.3, 0.4) is 0 Å². The summed E-state index contributed by atoms with van der Waals surface area (Å²) in [5.74, 6) is 0. The maximum absolute atomic E-state index is 5.84. The van der Waals surface area contributed by atoms with Crippen LogP contribution in [0.5, 0.6) is 0 Å². The Labute approximate surface area is 111 Å². The van der Waals surface area contributed by atoms with Gasteiger partial charge in [-0.25, -0.2) is 0 Å². The number of nitrogens with two attached hydrogens (primary N) is 1. The number of likely N-dealkylation sites (N-methyl/N-ethyl adjacent to an activating group) is 1. The lowest BCUT2D eigenvalue weighted by Gasteiger charge is -2.25. The molecule has 3 heteroatoms. The molecule has 0 aliphatic carbocycles. The molecular weight excluding hydrogens is 224 g/mol. The van der Waals surface area contributed by atoms with E-state index in [1.165, 1.54) is 16.8 Å². The highest BCUT2D eigenvalue weighted by Crippen LogP contribution is 2.21. The summed E-state index contributed by atoms with van der Waals surface area (Å²) < 4.78 is 5.15. The van der Waals surface area contributed by atoms with Crippen molar-refractivity contribution in [3.63, 3.8) is 0 Å². The van der Waals surface area contributed by atoms with E-state index in [-0.39, 0.29) is 6.04 Å². The summed E-state index contributed by atoms with van der Waals surface area (Å²) in [6.07, 6.45) is 0.936. The average Bonchev–Trinajstić information content (AvgIpc) is 2.31. The van der Waals surface area contributed by atoms with Crippen LogP contribution in [0.25, 0.3) is 0 Å². The van der Waals surface area contributed by atoms with Crippen molar-refractivity contribution >= 4 is 5.69 Å². The molecule has 0 heterocycles. The molecule has 0 fully saturated rings. The van der Waals surface area contributed by atoms with Crippen molar-refractivity contribution in [3.05, 3.63) is 29.3 Å². The number of anilines is 1. The predicted molar refractivity (Wildman–Crippen MR) is 78.3 cm³/mol. The molecule has 0 aliphatic heterocycles. The summed E-state index contributed by atoms with van der Waals surface area (Å²) in [5, 5.41) is 0. The van der Waals surface area contributed by atoms with Gasteiger partial charge in [-0.15, -0.1) is 0 Å². The lowest BCUT2D eigenvalue weighted by atomic mass is 10.0. The topological polar surface area (TPSA) is 38.5 Å². The third kappa shape index (κ3) is 4.31. The van der Waals surface area contributed by atoms with Crippen molar-refractivity contribution in [2.45, 2.75) is 33.2 Å². The number of aryl methyl sites for hydroxylation is 1. The van der Waals surface area contributed by atoms with Crippen molar-refractivity contribution < 1.29 is 4.74 Å². The van der Waals surface area contributed by atoms with Crippen LogP contribution in [-0.4, -0.2) is 32.8 Å². The molecule has 3 nitrogen and oxygen atoms in total.